The first-order valence-electron chi connectivity index (χ1n) is 5.23. The van der Waals surface area contributed by atoms with Gasteiger partial charge < -0.3 is 4.42 Å². The fourth-order valence-electron chi connectivity index (χ4n) is 1.57. The van der Waals surface area contributed by atoms with Crippen molar-refractivity contribution in [2.45, 2.75) is 39.8 Å². The van der Waals surface area contributed by atoms with Crippen molar-refractivity contribution in [3.63, 3.8) is 0 Å². The van der Waals surface area contributed by atoms with E-state index in [9.17, 15) is 4.79 Å². The SMILES string of the molecule is CC(=O)CC(C)N(C)Cc1ccoc1C. The number of ketones is 1. The van der Waals surface area contributed by atoms with Gasteiger partial charge in [-0.25, -0.2) is 0 Å². The number of carbonyl (C=O) groups excluding carboxylic acids is 1. The number of hydrogen-bond acceptors (Lipinski definition) is 3. The van der Waals surface area contributed by atoms with Crippen LogP contribution in [0.1, 0.15) is 31.6 Å². The van der Waals surface area contributed by atoms with Crippen LogP contribution in [0.15, 0.2) is 16.7 Å². The van der Waals surface area contributed by atoms with Crippen LogP contribution in [-0.2, 0) is 11.3 Å². The molecule has 1 rings (SSSR count). The number of Topliss-reactive ketones (excluding diaryl/α,β-unsaturated/α-hetero) is 1. The van der Waals surface area contributed by atoms with Crippen molar-refractivity contribution in [2.75, 3.05) is 7.05 Å². The van der Waals surface area contributed by atoms with Crippen LogP contribution in [0.25, 0.3) is 0 Å². The monoisotopic (exact) mass is 209 g/mol. The Morgan fingerprint density at radius 3 is 2.73 bits per heavy atom. The van der Waals surface area contributed by atoms with E-state index in [4.69, 9.17) is 4.42 Å². The summed E-state index contributed by atoms with van der Waals surface area (Å²) in [6, 6.07) is 2.25. The van der Waals surface area contributed by atoms with Crippen LogP contribution in [0.5, 0.6) is 0 Å². The molecule has 0 saturated heterocycles. The predicted octanol–water partition coefficient (Wildman–Crippen LogP) is 2.39. The number of aryl methyl sites for hydroxylation is 1. The van der Waals surface area contributed by atoms with Crippen molar-refractivity contribution < 1.29 is 9.21 Å². The van der Waals surface area contributed by atoms with Gasteiger partial charge in [0.05, 0.1) is 6.26 Å². The lowest BCUT2D eigenvalue weighted by Crippen LogP contribution is -2.30. The summed E-state index contributed by atoms with van der Waals surface area (Å²) < 4.78 is 5.23. The maximum atomic E-state index is 11.0. The number of rotatable bonds is 5. The van der Waals surface area contributed by atoms with Crippen LogP contribution in [0.2, 0.25) is 0 Å². The van der Waals surface area contributed by atoms with Crippen molar-refractivity contribution in [1.82, 2.24) is 4.90 Å². The molecule has 1 aromatic rings. The third kappa shape index (κ3) is 3.51. The quantitative estimate of drug-likeness (QED) is 0.746. The molecule has 0 radical (unpaired) electrons. The number of hydrogen-bond donors (Lipinski definition) is 0. The van der Waals surface area contributed by atoms with Crippen LogP contribution in [0, 0.1) is 6.92 Å². The first-order chi connectivity index (χ1) is 7.00. The van der Waals surface area contributed by atoms with E-state index >= 15 is 0 Å². The predicted molar refractivity (Wildman–Crippen MR) is 59.7 cm³/mol. The Morgan fingerprint density at radius 1 is 1.60 bits per heavy atom. The standard InChI is InChI=1S/C12H19NO2/c1-9(7-10(2)14)13(4)8-12-5-6-15-11(12)3/h5-6,9H,7-8H2,1-4H3. The number of furan rings is 1. The Labute approximate surface area is 91.1 Å². The van der Waals surface area contributed by atoms with Gasteiger partial charge in [-0.1, -0.05) is 0 Å². The van der Waals surface area contributed by atoms with Crippen molar-refractivity contribution in [1.29, 1.82) is 0 Å². The molecule has 0 saturated carbocycles. The van der Waals surface area contributed by atoms with Gasteiger partial charge in [0.25, 0.3) is 0 Å². The lowest BCUT2D eigenvalue weighted by molar-refractivity contribution is -0.118. The molecule has 0 fully saturated rings. The summed E-state index contributed by atoms with van der Waals surface area (Å²) in [6.45, 7) is 6.49. The molecular formula is C12H19NO2. The van der Waals surface area contributed by atoms with Crippen molar-refractivity contribution in [3.05, 3.63) is 23.7 Å². The molecule has 0 bridgehead atoms. The Kier molecular flexibility index (Phi) is 4.09. The average molecular weight is 209 g/mol. The summed E-state index contributed by atoms with van der Waals surface area (Å²) in [5.41, 5.74) is 1.19. The molecule has 0 N–H and O–H groups in total. The number of carbonyl (C=O) groups is 1. The van der Waals surface area contributed by atoms with Crippen LogP contribution in [-0.4, -0.2) is 23.8 Å². The molecule has 0 aromatic carbocycles. The van der Waals surface area contributed by atoms with Gasteiger partial charge in [0.2, 0.25) is 0 Å². The van der Waals surface area contributed by atoms with Gasteiger partial charge in [0.15, 0.2) is 0 Å². The van der Waals surface area contributed by atoms with Crippen molar-refractivity contribution >= 4 is 5.78 Å². The summed E-state index contributed by atoms with van der Waals surface area (Å²) in [4.78, 5) is 13.1. The Hall–Kier alpha value is -1.09. The molecule has 1 heterocycles. The van der Waals surface area contributed by atoms with Crippen molar-refractivity contribution in [2.24, 2.45) is 0 Å². The highest BCUT2D eigenvalue weighted by atomic mass is 16.3. The van der Waals surface area contributed by atoms with E-state index in [-0.39, 0.29) is 11.8 Å². The van der Waals surface area contributed by atoms with Gasteiger partial charge in [0.1, 0.15) is 11.5 Å². The second-order valence-electron chi connectivity index (χ2n) is 4.17. The molecule has 3 heteroatoms. The third-order valence-corrected chi connectivity index (χ3v) is 2.72. The molecule has 84 valence electrons. The zero-order valence-corrected chi connectivity index (χ0v) is 9.91. The van der Waals surface area contributed by atoms with Gasteiger partial charge in [-0.3, -0.25) is 9.69 Å². The van der Waals surface area contributed by atoms with Gasteiger partial charge in [-0.05, 0) is 33.9 Å². The second kappa shape index (κ2) is 5.12. The lowest BCUT2D eigenvalue weighted by Gasteiger charge is -2.23. The average Bonchev–Trinajstić information content (AvgIpc) is 2.50. The fourth-order valence-corrected chi connectivity index (χ4v) is 1.57. The smallest absolute Gasteiger partial charge is 0.131 e. The minimum atomic E-state index is 0.235. The van der Waals surface area contributed by atoms with E-state index in [0.717, 1.165) is 12.3 Å². The Balaban J connectivity index is 2.52. The van der Waals surface area contributed by atoms with E-state index in [1.165, 1.54) is 5.56 Å². The topological polar surface area (TPSA) is 33.5 Å². The third-order valence-electron chi connectivity index (χ3n) is 2.72. The number of nitrogens with zero attached hydrogens (tertiary/aromatic N) is 1. The molecule has 0 spiro atoms. The highest BCUT2D eigenvalue weighted by molar-refractivity contribution is 5.76. The normalized spacial score (nSPS) is 13.1. The molecule has 0 amide bonds. The van der Waals surface area contributed by atoms with Gasteiger partial charge >= 0.3 is 0 Å². The molecule has 1 unspecified atom stereocenters. The second-order valence-corrected chi connectivity index (χ2v) is 4.17. The Morgan fingerprint density at radius 2 is 2.27 bits per heavy atom. The van der Waals surface area contributed by atoms with E-state index < -0.39 is 0 Å². The fraction of sp³-hybridized carbons (Fsp3) is 0.583. The van der Waals surface area contributed by atoms with Crippen LogP contribution in [0.4, 0.5) is 0 Å². The summed E-state index contributed by atoms with van der Waals surface area (Å²) in [5.74, 6) is 1.19. The van der Waals surface area contributed by atoms with Crippen LogP contribution >= 0.6 is 0 Å². The summed E-state index contributed by atoms with van der Waals surface area (Å²) in [6.07, 6.45) is 2.31. The lowest BCUT2D eigenvalue weighted by atomic mass is 10.1. The van der Waals surface area contributed by atoms with Gasteiger partial charge in [-0.2, -0.15) is 0 Å². The first-order valence-corrected chi connectivity index (χ1v) is 5.23. The van der Waals surface area contributed by atoms with Gasteiger partial charge in [-0.15, -0.1) is 0 Å². The minimum Gasteiger partial charge on any atom is -0.469 e. The molecule has 1 atom stereocenters. The zero-order valence-electron chi connectivity index (χ0n) is 9.91. The highest BCUT2D eigenvalue weighted by Crippen LogP contribution is 2.13. The molecule has 0 aliphatic rings. The maximum Gasteiger partial charge on any atom is 0.131 e. The van der Waals surface area contributed by atoms with E-state index in [0.29, 0.717) is 6.42 Å². The van der Waals surface area contributed by atoms with Gasteiger partial charge in [0, 0.05) is 24.6 Å². The Bertz CT molecular complexity index is 330. The van der Waals surface area contributed by atoms with Crippen LogP contribution < -0.4 is 0 Å². The molecular weight excluding hydrogens is 190 g/mol. The molecule has 0 aliphatic heterocycles. The molecule has 3 nitrogen and oxygen atoms in total. The molecule has 15 heavy (non-hydrogen) atoms. The highest BCUT2D eigenvalue weighted by Gasteiger charge is 2.13. The largest absolute Gasteiger partial charge is 0.469 e. The maximum absolute atomic E-state index is 11.0. The minimum absolute atomic E-state index is 0.235. The van der Waals surface area contributed by atoms with E-state index in [1.807, 2.05) is 20.0 Å². The molecule has 0 aliphatic carbocycles. The first kappa shape index (κ1) is 12.0. The summed E-state index contributed by atoms with van der Waals surface area (Å²) in [5, 5.41) is 0. The summed E-state index contributed by atoms with van der Waals surface area (Å²) >= 11 is 0. The summed E-state index contributed by atoms with van der Waals surface area (Å²) in [7, 11) is 2.03. The van der Waals surface area contributed by atoms with E-state index in [1.54, 1.807) is 13.2 Å². The van der Waals surface area contributed by atoms with Crippen molar-refractivity contribution in [3.8, 4) is 0 Å². The zero-order chi connectivity index (χ0) is 11.4. The van der Waals surface area contributed by atoms with Crippen LogP contribution in [0.3, 0.4) is 0 Å². The molecule has 1 aromatic heterocycles. The van der Waals surface area contributed by atoms with E-state index in [2.05, 4.69) is 11.8 Å².